The summed E-state index contributed by atoms with van der Waals surface area (Å²) >= 11 is 0. The number of amides is 1. The summed E-state index contributed by atoms with van der Waals surface area (Å²) in [4.78, 5) is 35.3. The monoisotopic (exact) mass is 373 g/mol. The molecule has 1 N–H and O–H groups in total. The number of esters is 1. The first-order valence-corrected chi connectivity index (χ1v) is 8.32. The van der Waals surface area contributed by atoms with Gasteiger partial charge in [0.2, 0.25) is 0 Å². The quantitative estimate of drug-likeness (QED) is 0.681. The summed E-state index contributed by atoms with van der Waals surface area (Å²) in [5.74, 6) is -2.32. The molecule has 142 valence electrons. The molecule has 0 saturated carbocycles. The molecule has 0 unspecified atom stereocenters. The first-order valence-electron chi connectivity index (χ1n) is 8.32. The Bertz CT molecular complexity index is 794. The first-order chi connectivity index (χ1) is 13.0. The van der Waals surface area contributed by atoms with E-state index in [9.17, 15) is 18.8 Å². The van der Waals surface area contributed by atoms with Gasteiger partial charge < -0.3 is 14.8 Å². The van der Waals surface area contributed by atoms with Gasteiger partial charge in [-0.2, -0.15) is 0 Å². The van der Waals surface area contributed by atoms with Crippen molar-refractivity contribution < 1.29 is 28.2 Å². The lowest BCUT2D eigenvalue weighted by Gasteiger charge is -2.16. The fourth-order valence-electron chi connectivity index (χ4n) is 2.27. The lowest BCUT2D eigenvalue weighted by atomic mass is 10.0. The number of carbonyl (C=O) groups is 3. The predicted octanol–water partition coefficient (Wildman–Crippen LogP) is 2.06. The smallest absolute Gasteiger partial charge is 0.344 e. The van der Waals surface area contributed by atoms with Crippen LogP contribution in [0.1, 0.15) is 12.5 Å². The zero-order chi connectivity index (χ0) is 19.6. The Morgan fingerprint density at radius 3 is 2.33 bits per heavy atom. The SMILES string of the molecule is CC(=O)[C@H](Cc1ccccc1)NC(=O)COC(=O)COc1ccccc1F. The number of hydrogen-bond acceptors (Lipinski definition) is 5. The average molecular weight is 373 g/mol. The highest BCUT2D eigenvalue weighted by molar-refractivity contribution is 5.88. The highest BCUT2D eigenvalue weighted by atomic mass is 19.1. The molecule has 0 aliphatic heterocycles. The van der Waals surface area contributed by atoms with Gasteiger partial charge >= 0.3 is 5.97 Å². The molecule has 2 aromatic rings. The number of benzene rings is 2. The Morgan fingerprint density at radius 2 is 1.67 bits per heavy atom. The number of para-hydroxylation sites is 1. The third-order valence-corrected chi connectivity index (χ3v) is 3.66. The van der Waals surface area contributed by atoms with Gasteiger partial charge in [-0.3, -0.25) is 9.59 Å². The Balaban J connectivity index is 1.77. The molecule has 1 atom stereocenters. The van der Waals surface area contributed by atoms with E-state index in [1.165, 1.54) is 25.1 Å². The normalized spacial score (nSPS) is 11.3. The van der Waals surface area contributed by atoms with Crippen molar-refractivity contribution in [1.29, 1.82) is 0 Å². The number of halogens is 1. The van der Waals surface area contributed by atoms with Gasteiger partial charge in [0.1, 0.15) is 0 Å². The molecule has 0 saturated heterocycles. The number of carbonyl (C=O) groups excluding carboxylic acids is 3. The van der Waals surface area contributed by atoms with Gasteiger partial charge in [0, 0.05) is 0 Å². The molecular formula is C20H20FNO5. The maximum absolute atomic E-state index is 13.4. The van der Waals surface area contributed by atoms with Gasteiger partial charge in [0.05, 0.1) is 6.04 Å². The zero-order valence-corrected chi connectivity index (χ0v) is 14.8. The fraction of sp³-hybridized carbons (Fsp3) is 0.250. The van der Waals surface area contributed by atoms with E-state index < -0.39 is 36.9 Å². The molecule has 1 amide bonds. The molecule has 0 fully saturated rings. The number of ketones is 1. The van der Waals surface area contributed by atoms with E-state index in [1.807, 2.05) is 30.3 Å². The van der Waals surface area contributed by atoms with E-state index in [2.05, 4.69) is 5.32 Å². The topological polar surface area (TPSA) is 81.7 Å². The van der Waals surface area contributed by atoms with Crippen LogP contribution in [0.25, 0.3) is 0 Å². The van der Waals surface area contributed by atoms with Gasteiger partial charge in [0.25, 0.3) is 5.91 Å². The average Bonchev–Trinajstić information content (AvgIpc) is 2.66. The molecular weight excluding hydrogens is 353 g/mol. The highest BCUT2D eigenvalue weighted by Gasteiger charge is 2.18. The summed E-state index contributed by atoms with van der Waals surface area (Å²) in [6, 6.07) is 14.1. The minimum Gasteiger partial charge on any atom is -0.479 e. The van der Waals surface area contributed by atoms with Gasteiger partial charge in [0.15, 0.2) is 30.6 Å². The van der Waals surface area contributed by atoms with Gasteiger partial charge in [-0.25, -0.2) is 9.18 Å². The van der Waals surface area contributed by atoms with Crippen LogP contribution >= 0.6 is 0 Å². The van der Waals surface area contributed by atoms with Crippen LogP contribution in [0.3, 0.4) is 0 Å². The maximum atomic E-state index is 13.4. The van der Waals surface area contributed by atoms with Crippen molar-refractivity contribution in [3.05, 3.63) is 66.0 Å². The van der Waals surface area contributed by atoms with Crippen LogP contribution in [-0.4, -0.2) is 36.9 Å². The van der Waals surface area contributed by atoms with E-state index in [0.717, 1.165) is 5.56 Å². The van der Waals surface area contributed by atoms with Crippen LogP contribution in [-0.2, 0) is 25.5 Å². The van der Waals surface area contributed by atoms with Crippen LogP contribution in [0.4, 0.5) is 4.39 Å². The molecule has 0 aliphatic rings. The van der Waals surface area contributed by atoms with E-state index in [1.54, 1.807) is 6.07 Å². The number of rotatable bonds is 9. The molecule has 7 heteroatoms. The molecule has 6 nitrogen and oxygen atoms in total. The van der Waals surface area contributed by atoms with Crippen molar-refractivity contribution in [1.82, 2.24) is 5.32 Å². The van der Waals surface area contributed by atoms with Crippen molar-refractivity contribution in [2.45, 2.75) is 19.4 Å². The predicted molar refractivity (Wildman–Crippen MR) is 95.6 cm³/mol. The Labute approximate surface area is 156 Å². The van der Waals surface area contributed by atoms with Crippen LogP contribution in [0, 0.1) is 5.82 Å². The van der Waals surface area contributed by atoms with Crippen LogP contribution in [0.15, 0.2) is 54.6 Å². The summed E-state index contributed by atoms with van der Waals surface area (Å²) in [6.45, 7) is 0.286. The van der Waals surface area contributed by atoms with Crippen LogP contribution < -0.4 is 10.1 Å². The highest BCUT2D eigenvalue weighted by Crippen LogP contribution is 2.15. The van der Waals surface area contributed by atoms with Crippen molar-refractivity contribution in [3.63, 3.8) is 0 Å². The fourth-order valence-corrected chi connectivity index (χ4v) is 2.27. The van der Waals surface area contributed by atoms with E-state index in [-0.39, 0.29) is 11.5 Å². The Morgan fingerprint density at radius 1 is 1.00 bits per heavy atom. The summed E-state index contributed by atoms with van der Waals surface area (Å²) in [5, 5.41) is 2.54. The van der Waals surface area contributed by atoms with E-state index in [4.69, 9.17) is 9.47 Å². The third-order valence-electron chi connectivity index (χ3n) is 3.66. The Hall–Kier alpha value is -3.22. The van der Waals surface area contributed by atoms with Gasteiger partial charge in [-0.05, 0) is 31.0 Å². The minimum atomic E-state index is -0.823. The third kappa shape index (κ3) is 6.89. The van der Waals surface area contributed by atoms with Gasteiger partial charge in [-0.1, -0.05) is 42.5 Å². The van der Waals surface area contributed by atoms with E-state index in [0.29, 0.717) is 6.42 Å². The summed E-state index contributed by atoms with van der Waals surface area (Å²) < 4.78 is 23.2. The van der Waals surface area contributed by atoms with E-state index >= 15 is 0 Å². The number of nitrogens with one attached hydrogen (secondary N) is 1. The molecule has 0 aromatic heterocycles. The lowest BCUT2D eigenvalue weighted by Crippen LogP contribution is -2.43. The molecule has 27 heavy (non-hydrogen) atoms. The largest absolute Gasteiger partial charge is 0.479 e. The standard InChI is InChI=1S/C20H20FNO5/c1-14(23)17(11-15-7-3-2-4-8-15)22-19(24)12-27-20(25)13-26-18-10-6-5-9-16(18)21/h2-10,17H,11-13H2,1H3,(H,22,24)/t17-/m0/s1. The van der Waals surface area contributed by atoms with Crippen molar-refractivity contribution in [2.24, 2.45) is 0 Å². The molecule has 2 aromatic carbocycles. The van der Waals surface area contributed by atoms with Gasteiger partial charge in [-0.15, -0.1) is 0 Å². The molecule has 0 radical (unpaired) electrons. The van der Waals surface area contributed by atoms with Crippen LogP contribution in [0.2, 0.25) is 0 Å². The zero-order valence-electron chi connectivity index (χ0n) is 14.8. The molecule has 0 spiro atoms. The Kier molecular flexibility index (Phi) is 7.49. The minimum absolute atomic E-state index is 0.0848. The van der Waals surface area contributed by atoms with Crippen molar-refractivity contribution in [2.75, 3.05) is 13.2 Å². The first kappa shape index (κ1) is 20.1. The second-order valence-corrected chi connectivity index (χ2v) is 5.80. The maximum Gasteiger partial charge on any atom is 0.344 e. The summed E-state index contributed by atoms with van der Waals surface area (Å²) in [5.41, 5.74) is 0.897. The summed E-state index contributed by atoms with van der Waals surface area (Å²) in [7, 11) is 0. The molecule has 0 bridgehead atoms. The number of hydrogen-bond donors (Lipinski definition) is 1. The molecule has 0 aliphatic carbocycles. The van der Waals surface area contributed by atoms with Crippen molar-refractivity contribution in [3.8, 4) is 5.75 Å². The molecule has 2 rings (SSSR count). The second kappa shape index (κ2) is 10.1. The number of Topliss-reactive ketones (excluding diaryl/α,β-unsaturated/α-hetero) is 1. The lowest BCUT2D eigenvalue weighted by molar-refractivity contribution is -0.150. The van der Waals surface area contributed by atoms with Crippen LogP contribution in [0.5, 0.6) is 5.75 Å². The summed E-state index contributed by atoms with van der Waals surface area (Å²) in [6.07, 6.45) is 0.340. The molecule has 0 heterocycles. The second-order valence-electron chi connectivity index (χ2n) is 5.80. The van der Waals surface area contributed by atoms with Crippen molar-refractivity contribution >= 4 is 17.7 Å². The number of ether oxygens (including phenoxy) is 2.